The lowest BCUT2D eigenvalue weighted by Crippen LogP contribution is -2.36. The number of carboxylic acid groups (broad SMARTS) is 1. The van der Waals surface area contributed by atoms with Gasteiger partial charge in [0.15, 0.2) is 5.69 Å². The topological polar surface area (TPSA) is 121 Å². The van der Waals surface area contributed by atoms with E-state index in [1.54, 1.807) is 24.3 Å². The number of hydrogen-bond acceptors (Lipinski definition) is 4. The molecule has 0 aliphatic rings. The average molecular weight is 474 g/mol. The fraction of sp³-hybridized carbons (Fsp3) is 0.174. The van der Waals surface area contributed by atoms with Gasteiger partial charge in [0.1, 0.15) is 11.6 Å². The van der Waals surface area contributed by atoms with Crippen LogP contribution >= 0.6 is 11.6 Å². The molecule has 0 spiro atoms. The molecule has 4 N–H and O–H groups in total. The molecule has 1 atom stereocenters. The Morgan fingerprint density at radius 1 is 1.15 bits per heavy atom. The monoisotopic (exact) mass is 473 g/mol. The van der Waals surface area contributed by atoms with Gasteiger partial charge in [-0.25, -0.2) is 9.18 Å². The van der Waals surface area contributed by atoms with Crippen LogP contribution in [0.2, 0.25) is 5.02 Å². The van der Waals surface area contributed by atoms with E-state index in [0.29, 0.717) is 5.56 Å². The van der Waals surface area contributed by atoms with Gasteiger partial charge in [-0.2, -0.15) is 0 Å². The van der Waals surface area contributed by atoms with Crippen molar-refractivity contribution in [3.05, 3.63) is 92.6 Å². The van der Waals surface area contributed by atoms with Crippen molar-refractivity contribution in [3.63, 3.8) is 0 Å². The van der Waals surface area contributed by atoms with Gasteiger partial charge in [0, 0.05) is 16.8 Å². The zero-order valence-electron chi connectivity index (χ0n) is 17.5. The number of rotatable bonds is 7. The highest BCUT2D eigenvalue weighted by molar-refractivity contribution is 6.31. The van der Waals surface area contributed by atoms with Crippen molar-refractivity contribution in [3.8, 4) is 5.75 Å². The first-order valence-corrected chi connectivity index (χ1v) is 10.2. The van der Waals surface area contributed by atoms with Crippen molar-refractivity contribution in [1.82, 2.24) is 9.88 Å². The fourth-order valence-electron chi connectivity index (χ4n) is 3.19. The van der Waals surface area contributed by atoms with Crippen LogP contribution in [-0.2, 0) is 11.3 Å². The van der Waals surface area contributed by atoms with E-state index in [2.05, 4.69) is 10.6 Å². The molecule has 0 aliphatic carbocycles. The Balaban J connectivity index is 1.83. The van der Waals surface area contributed by atoms with E-state index in [1.165, 1.54) is 30.5 Å². The van der Waals surface area contributed by atoms with Gasteiger partial charge >= 0.3 is 12.0 Å². The maximum absolute atomic E-state index is 14.1. The normalized spacial score (nSPS) is 11.6. The number of pyridine rings is 1. The van der Waals surface area contributed by atoms with Crippen LogP contribution in [0.4, 0.5) is 14.9 Å². The molecule has 0 fully saturated rings. The molecule has 3 aromatic rings. The summed E-state index contributed by atoms with van der Waals surface area (Å²) < 4.78 is 15.2. The third kappa shape index (κ3) is 5.89. The first-order valence-electron chi connectivity index (χ1n) is 9.87. The van der Waals surface area contributed by atoms with E-state index in [1.807, 2.05) is 6.92 Å². The molecule has 0 bridgehead atoms. The van der Waals surface area contributed by atoms with Crippen LogP contribution in [0, 0.1) is 12.7 Å². The highest BCUT2D eigenvalue weighted by Crippen LogP contribution is 2.23. The van der Waals surface area contributed by atoms with Gasteiger partial charge in [-0.3, -0.25) is 9.59 Å². The first kappa shape index (κ1) is 23.8. The van der Waals surface area contributed by atoms with E-state index in [9.17, 15) is 29.0 Å². The van der Waals surface area contributed by atoms with E-state index < -0.39 is 47.3 Å². The second-order valence-corrected chi connectivity index (χ2v) is 7.78. The predicted molar refractivity (Wildman–Crippen MR) is 121 cm³/mol. The number of amides is 2. The summed E-state index contributed by atoms with van der Waals surface area (Å²) in [6.07, 6.45) is 0.844. The Bertz CT molecular complexity index is 1220. The zero-order chi connectivity index (χ0) is 24.1. The number of anilines is 1. The summed E-state index contributed by atoms with van der Waals surface area (Å²) in [5.41, 5.74) is 0.349. The van der Waals surface area contributed by atoms with Crippen molar-refractivity contribution >= 4 is 29.3 Å². The summed E-state index contributed by atoms with van der Waals surface area (Å²) in [5, 5.41) is 24.2. The Labute approximate surface area is 193 Å². The average Bonchev–Trinajstić information content (AvgIpc) is 2.75. The third-order valence-electron chi connectivity index (χ3n) is 4.94. The van der Waals surface area contributed by atoms with Crippen LogP contribution in [0.5, 0.6) is 5.75 Å². The van der Waals surface area contributed by atoms with E-state index in [4.69, 9.17) is 11.6 Å². The number of aromatic nitrogens is 1. The molecule has 0 aliphatic heterocycles. The fourth-order valence-corrected chi connectivity index (χ4v) is 3.42. The van der Waals surface area contributed by atoms with Crippen LogP contribution in [0.25, 0.3) is 0 Å². The second-order valence-electron chi connectivity index (χ2n) is 7.37. The maximum Gasteiger partial charge on any atom is 0.319 e. The summed E-state index contributed by atoms with van der Waals surface area (Å²) in [4.78, 5) is 36.7. The molecule has 172 valence electrons. The van der Waals surface area contributed by atoms with Crippen molar-refractivity contribution in [1.29, 1.82) is 0 Å². The van der Waals surface area contributed by atoms with Gasteiger partial charge in [0.05, 0.1) is 19.0 Å². The second kappa shape index (κ2) is 10.2. The highest BCUT2D eigenvalue weighted by atomic mass is 35.5. The molecule has 1 unspecified atom stereocenters. The number of nitrogens with one attached hydrogen (secondary N) is 2. The van der Waals surface area contributed by atoms with Gasteiger partial charge in [0.2, 0.25) is 0 Å². The van der Waals surface area contributed by atoms with Gasteiger partial charge < -0.3 is 25.4 Å². The number of carbonyl (C=O) groups excluding carboxylic acids is 1. The number of carboxylic acids is 1. The number of urea groups is 1. The minimum Gasteiger partial charge on any atom is -0.505 e. The number of aromatic hydroxyl groups is 1. The summed E-state index contributed by atoms with van der Waals surface area (Å²) in [5.74, 6) is -2.24. The lowest BCUT2D eigenvalue weighted by molar-refractivity contribution is -0.137. The third-order valence-corrected chi connectivity index (χ3v) is 5.29. The zero-order valence-corrected chi connectivity index (χ0v) is 18.3. The van der Waals surface area contributed by atoms with E-state index in [-0.39, 0.29) is 17.1 Å². The minimum atomic E-state index is -1.13. The highest BCUT2D eigenvalue weighted by Gasteiger charge is 2.20. The van der Waals surface area contributed by atoms with Crippen molar-refractivity contribution in [2.45, 2.75) is 25.9 Å². The summed E-state index contributed by atoms with van der Waals surface area (Å²) in [7, 11) is 0. The number of aryl methyl sites for hydroxylation is 1. The molecule has 1 heterocycles. The molecule has 3 rings (SSSR count). The smallest absolute Gasteiger partial charge is 0.319 e. The molecular weight excluding hydrogens is 453 g/mol. The summed E-state index contributed by atoms with van der Waals surface area (Å²) >= 11 is 6.02. The number of nitrogens with zero attached hydrogens (tertiary/aromatic N) is 1. The molecule has 0 saturated carbocycles. The number of benzene rings is 2. The van der Waals surface area contributed by atoms with Gasteiger partial charge in [-0.1, -0.05) is 47.5 Å². The van der Waals surface area contributed by atoms with Crippen molar-refractivity contribution < 1.29 is 24.2 Å². The van der Waals surface area contributed by atoms with Crippen molar-refractivity contribution in [2.24, 2.45) is 0 Å². The van der Waals surface area contributed by atoms with Gasteiger partial charge in [-0.05, 0) is 30.7 Å². The molecule has 10 heteroatoms. The summed E-state index contributed by atoms with van der Waals surface area (Å²) in [6, 6.07) is 10.4. The lowest BCUT2D eigenvalue weighted by Gasteiger charge is -2.19. The Kier molecular flexibility index (Phi) is 7.34. The summed E-state index contributed by atoms with van der Waals surface area (Å²) in [6.45, 7) is 1.64. The Hall–Kier alpha value is -3.85. The Morgan fingerprint density at radius 2 is 1.85 bits per heavy atom. The molecule has 1 aromatic heterocycles. The molecule has 2 amide bonds. The Morgan fingerprint density at radius 3 is 2.48 bits per heavy atom. The number of hydrogen-bond donors (Lipinski definition) is 4. The van der Waals surface area contributed by atoms with Crippen LogP contribution in [0.3, 0.4) is 0 Å². The largest absolute Gasteiger partial charge is 0.505 e. The number of carbonyl (C=O) groups is 2. The molecule has 8 nitrogen and oxygen atoms in total. The van der Waals surface area contributed by atoms with E-state index in [0.717, 1.165) is 10.1 Å². The molecule has 33 heavy (non-hydrogen) atoms. The molecule has 2 aromatic carbocycles. The van der Waals surface area contributed by atoms with Crippen LogP contribution < -0.4 is 16.2 Å². The van der Waals surface area contributed by atoms with Crippen molar-refractivity contribution in [2.75, 3.05) is 5.32 Å². The molecule has 0 radical (unpaired) electrons. The van der Waals surface area contributed by atoms with Gasteiger partial charge in [-0.15, -0.1) is 0 Å². The molecule has 0 saturated heterocycles. The minimum absolute atomic E-state index is 0.0725. The molecular formula is C23H21ClFN3O5. The standard InChI is InChI=1S/C23H21ClFN3O5/c1-13-5-7-14(8-6-13)18(11-20(30)31)26-23(33)27-21-19(29)9-10-28(22(21)32)12-15-16(24)3-2-4-17(15)25/h2-10,18,29H,11-12H2,1H3,(H,30,31)(H2,26,27,33). The van der Waals surface area contributed by atoms with E-state index >= 15 is 0 Å². The van der Waals surface area contributed by atoms with Crippen LogP contribution in [0.1, 0.15) is 29.2 Å². The number of halogens is 2. The lowest BCUT2D eigenvalue weighted by atomic mass is 10.0. The van der Waals surface area contributed by atoms with Crippen LogP contribution in [-0.4, -0.2) is 26.8 Å². The predicted octanol–water partition coefficient (Wildman–Crippen LogP) is 4.04. The quantitative estimate of drug-likeness (QED) is 0.412. The SMILES string of the molecule is Cc1ccc(C(CC(=O)O)NC(=O)Nc2c(O)ccn(Cc3c(F)cccc3Cl)c2=O)cc1. The number of aliphatic carboxylic acids is 1. The van der Waals surface area contributed by atoms with Crippen LogP contribution in [0.15, 0.2) is 59.5 Å². The maximum atomic E-state index is 14.1. The first-order chi connectivity index (χ1) is 15.7. The van der Waals surface area contributed by atoms with Gasteiger partial charge in [0.25, 0.3) is 5.56 Å².